The van der Waals surface area contributed by atoms with Gasteiger partial charge in [-0.3, -0.25) is 5.41 Å². The number of nitrogens with one attached hydrogen (secondary N) is 2. The van der Waals surface area contributed by atoms with E-state index in [1.165, 1.54) is 0 Å². The maximum absolute atomic E-state index is 7.02. The monoisotopic (exact) mass is 174 g/mol. The van der Waals surface area contributed by atoms with Crippen molar-refractivity contribution >= 4 is 23.7 Å². The van der Waals surface area contributed by atoms with Crippen molar-refractivity contribution in [2.24, 2.45) is 21.9 Å². The second-order valence-electron chi connectivity index (χ2n) is 1.47. The first-order valence-corrected chi connectivity index (χ1v) is 2.86. The fourth-order valence-corrected chi connectivity index (χ4v) is 0.392. The van der Waals surface area contributed by atoms with Crippen molar-refractivity contribution in [1.82, 2.24) is 0 Å². The summed E-state index contributed by atoms with van der Waals surface area (Å²) >= 11 is 5.37. The van der Waals surface area contributed by atoms with Crippen LogP contribution >= 0.6 is 11.6 Å². The van der Waals surface area contributed by atoms with Crippen molar-refractivity contribution in [1.29, 1.82) is 10.8 Å². The second kappa shape index (κ2) is 4.40. The lowest BCUT2D eigenvalue weighted by Gasteiger charge is -1.95. The van der Waals surface area contributed by atoms with E-state index in [1.807, 2.05) is 0 Å². The Labute approximate surface area is 67.9 Å². The third kappa shape index (κ3) is 2.76. The van der Waals surface area contributed by atoms with Crippen molar-refractivity contribution in [2.75, 3.05) is 0 Å². The summed E-state index contributed by atoms with van der Waals surface area (Å²) in [7, 11) is 0. The Bertz CT molecular complexity index is 229. The molecule has 6 nitrogen and oxygen atoms in total. The first kappa shape index (κ1) is 9.57. The average Bonchev–Trinajstić information content (AvgIpc) is 2.02. The van der Waals surface area contributed by atoms with Crippen molar-refractivity contribution in [3.63, 3.8) is 0 Å². The van der Waals surface area contributed by atoms with Crippen molar-refractivity contribution < 1.29 is 0 Å². The molecule has 0 saturated carbocycles. The molecule has 0 rings (SSSR count). The summed E-state index contributed by atoms with van der Waals surface area (Å²) in [5.41, 5.74) is 5.09. The molecule has 11 heavy (non-hydrogen) atoms. The molecule has 0 aromatic carbocycles. The van der Waals surface area contributed by atoms with E-state index in [9.17, 15) is 0 Å². The van der Waals surface area contributed by atoms with Crippen LogP contribution in [0.2, 0.25) is 0 Å². The summed E-state index contributed by atoms with van der Waals surface area (Å²) in [5.74, 6) is 4.29. The van der Waals surface area contributed by atoms with Gasteiger partial charge in [-0.15, -0.1) is 5.11 Å². The molecule has 0 spiro atoms. The van der Waals surface area contributed by atoms with Gasteiger partial charge < -0.3 is 17.0 Å². The smallest absolute Gasteiger partial charge is 0.193 e. The van der Waals surface area contributed by atoms with Crippen LogP contribution in [0, 0.1) is 10.8 Å². The zero-order valence-corrected chi connectivity index (χ0v) is 6.26. The van der Waals surface area contributed by atoms with Gasteiger partial charge in [-0.1, -0.05) is 16.8 Å². The molecule has 0 aliphatic rings. The Morgan fingerprint density at radius 1 is 1.55 bits per heavy atom. The molecule has 7 heteroatoms. The number of rotatable bonds is 2. The van der Waals surface area contributed by atoms with Gasteiger partial charge in [-0.25, -0.2) is 0 Å². The van der Waals surface area contributed by atoms with E-state index in [0.717, 1.165) is 6.21 Å². The number of halogens is 1. The van der Waals surface area contributed by atoms with Crippen LogP contribution in [0.1, 0.15) is 0 Å². The minimum absolute atomic E-state index is 0.0672. The molecule has 0 aromatic heterocycles. The van der Waals surface area contributed by atoms with E-state index in [-0.39, 0.29) is 16.6 Å². The van der Waals surface area contributed by atoms with Gasteiger partial charge in [0.1, 0.15) is 0 Å². The maximum atomic E-state index is 7.02. The number of allylic oxidation sites excluding steroid dienone is 1. The summed E-state index contributed by atoms with van der Waals surface area (Å²) in [5, 5.41) is 19.6. The molecule has 60 valence electrons. The van der Waals surface area contributed by atoms with Gasteiger partial charge in [0.25, 0.3) is 0 Å². The molecular weight excluding hydrogens is 168 g/mol. The van der Waals surface area contributed by atoms with E-state index in [0.29, 0.717) is 0 Å². The predicted octanol–water partition coefficient (Wildman–Crippen LogP) is 0.348. The second-order valence-corrected chi connectivity index (χ2v) is 1.88. The van der Waals surface area contributed by atoms with Gasteiger partial charge in [0.05, 0.1) is 10.7 Å². The third-order valence-corrected chi connectivity index (χ3v) is 1.11. The highest BCUT2D eigenvalue weighted by Crippen LogP contribution is 2.02. The molecule has 0 heterocycles. The molecule has 0 radical (unpaired) electrons. The first-order valence-electron chi connectivity index (χ1n) is 2.49. The molecule has 0 fully saturated rings. The fourth-order valence-electron chi connectivity index (χ4n) is 0.302. The normalized spacial score (nSPS) is 12.8. The molecule has 0 aliphatic carbocycles. The summed E-state index contributed by atoms with van der Waals surface area (Å²) in [6.07, 6.45) is 0.803. The number of nitrogens with two attached hydrogens (primary N) is 2. The molecule has 0 saturated heterocycles. The standard InChI is InChI=1S/C4H7ClN6/c5-2(1-6)3(7)4(8)10-11-9/h1,6H,7H2,(H3,8,9,10). The summed E-state index contributed by atoms with van der Waals surface area (Å²) in [6.45, 7) is 0. The molecule has 0 atom stereocenters. The molecular formula is C4H7ClN6. The van der Waals surface area contributed by atoms with Crippen LogP contribution < -0.4 is 11.6 Å². The highest BCUT2D eigenvalue weighted by molar-refractivity contribution is 6.41. The summed E-state index contributed by atoms with van der Waals surface area (Å²) in [6, 6.07) is 0. The minimum atomic E-state index is -0.360. The lowest BCUT2D eigenvalue weighted by atomic mass is 10.4. The van der Waals surface area contributed by atoms with E-state index < -0.39 is 0 Å². The molecule has 0 amide bonds. The Morgan fingerprint density at radius 3 is 2.45 bits per heavy atom. The van der Waals surface area contributed by atoms with Gasteiger partial charge in [0.15, 0.2) is 5.84 Å². The Balaban J connectivity index is 4.60. The van der Waals surface area contributed by atoms with Crippen molar-refractivity contribution in [2.45, 2.75) is 0 Å². The molecule has 0 unspecified atom stereocenters. The molecule has 0 bridgehead atoms. The van der Waals surface area contributed by atoms with Crippen LogP contribution in [0.5, 0.6) is 0 Å². The van der Waals surface area contributed by atoms with Crippen LogP contribution in [0.25, 0.3) is 0 Å². The van der Waals surface area contributed by atoms with E-state index in [2.05, 4.69) is 16.2 Å². The van der Waals surface area contributed by atoms with Crippen LogP contribution in [-0.4, -0.2) is 12.1 Å². The van der Waals surface area contributed by atoms with Crippen molar-refractivity contribution in [3.05, 3.63) is 10.7 Å². The minimum Gasteiger partial charge on any atom is -0.394 e. The molecule has 0 aliphatic heterocycles. The van der Waals surface area contributed by atoms with Gasteiger partial charge in [-0.2, -0.15) is 0 Å². The van der Waals surface area contributed by atoms with Gasteiger partial charge in [0.2, 0.25) is 0 Å². The Hall–Kier alpha value is -1.43. The average molecular weight is 175 g/mol. The topological polar surface area (TPSA) is 124 Å². The Morgan fingerprint density at radius 2 is 2.09 bits per heavy atom. The fraction of sp³-hybridized carbons (Fsp3) is 0. The number of hydrogen-bond acceptors (Lipinski definition) is 4. The lowest BCUT2D eigenvalue weighted by Crippen LogP contribution is -2.10. The highest BCUT2D eigenvalue weighted by atomic mass is 35.5. The van der Waals surface area contributed by atoms with E-state index >= 15 is 0 Å². The van der Waals surface area contributed by atoms with Crippen LogP contribution in [0.15, 0.2) is 21.1 Å². The van der Waals surface area contributed by atoms with Gasteiger partial charge in [-0.05, 0) is 0 Å². The Kier molecular flexibility index (Phi) is 3.82. The molecule has 6 N–H and O–H groups in total. The third-order valence-electron chi connectivity index (χ3n) is 0.797. The van der Waals surface area contributed by atoms with Crippen LogP contribution in [0.4, 0.5) is 0 Å². The number of nitrogens with zero attached hydrogens (tertiary/aromatic N) is 2. The van der Waals surface area contributed by atoms with Crippen molar-refractivity contribution in [3.8, 4) is 0 Å². The largest absolute Gasteiger partial charge is 0.394 e. The first-order chi connectivity index (χ1) is 5.13. The van der Waals surface area contributed by atoms with Gasteiger partial charge in [0, 0.05) is 6.21 Å². The summed E-state index contributed by atoms with van der Waals surface area (Å²) in [4.78, 5) is 0. The predicted molar refractivity (Wildman–Crippen MR) is 42.6 cm³/mol. The van der Waals surface area contributed by atoms with Crippen LogP contribution in [-0.2, 0) is 0 Å². The molecule has 0 aromatic rings. The van der Waals surface area contributed by atoms with Gasteiger partial charge >= 0.3 is 0 Å². The van der Waals surface area contributed by atoms with E-state index in [4.69, 9.17) is 28.2 Å². The highest BCUT2D eigenvalue weighted by Gasteiger charge is 2.02. The zero-order valence-electron chi connectivity index (χ0n) is 5.50. The SMILES string of the molecule is N=CC(Cl)=C(N)C(=N)N=NN. The lowest BCUT2D eigenvalue weighted by molar-refractivity contribution is 1.07. The maximum Gasteiger partial charge on any atom is 0.193 e. The number of hydrogen-bond donors (Lipinski definition) is 4. The van der Waals surface area contributed by atoms with Crippen LogP contribution in [0.3, 0.4) is 0 Å². The zero-order chi connectivity index (χ0) is 8.85. The number of amidine groups is 1. The van der Waals surface area contributed by atoms with E-state index in [1.54, 1.807) is 0 Å². The quantitative estimate of drug-likeness (QED) is 0.159. The summed E-state index contributed by atoms with van der Waals surface area (Å²) < 4.78 is 0.